The Morgan fingerprint density at radius 1 is 1.30 bits per heavy atom. The number of nitrogens with zero attached hydrogens (tertiary/aromatic N) is 2. The maximum atomic E-state index is 6.18. The van der Waals surface area contributed by atoms with Gasteiger partial charge in [-0.2, -0.15) is 0 Å². The van der Waals surface area contributed by atoms with Gasteiger partial charge in [-0.3, -0.25) is 9.88 Å². The quantitative estimate of drug-likeness (QED) is 0.848. The molecule has 0 N–H and O–H groups in total. The first-order valence-corrected chi connectivity index (χ1v) is 8.17. The first kappa shape index (κ1) is 14.9. The van der Waals surface area contributed by atoms with Crippen LogP contribution in [0.2, 0.25) is 0 Å². The van der Waals surface area contributed by atoms with Gasteiger partial charge in [-0.15, -0.1) is 0 Å². The third kappa shape index (κ3) is 3.17. The van der Waals surface area contributed by atoms with Gasteiger partial charge >= 0.3 is 0 Å². The van der Waals surface area contributed by atoms with Crippen molar-refractivity contribution in [3.05, 3.63) is 53.7 Å². The first-order valence-electron chi connectivity index (χ1n) is 8.17. The molecule has 0 radical (unpaired) electrons. The van der Waals surface area contributed by atoms with E-state index >= 15 is 0 Å². The number of hydrogen-bond acceptors (Lipinski definition) is 5. The molecule has 0 unspecified atom stereocenters. The maximum absolute atomic E-state index is 6.18. The summed E-state index contributed by atoms with van der Waals surface area (Å²) in [5.74, 6) is 2.42. The van der Waals surface area contributed by atoms with Crippen molar-refractivity contribution < 1.29 is 13.9 Å². The zero-order chi connectivity index (χ0) is 15.6. The lowest BCUT2D eigenvalue weighted by Gasteiger charge is -2.20. The fraction of sp³-hybridized carbons (Fsp3) is 0.500. The Labute approximate surface area is 136 Å². The molecule has 0 amide bonds. The fourth-order valence-corrected chi connectivity index (χ4v) is 3.61. The van der Waals surface area contributed by atoms with Crippen molar-refractivity contribution in [3.8, 4) is 0 Å². The van der Waals surface area contributed by atoms with Crippen LogP contribution in [0.1, 0.15) is 17.1 Å². The highest BCUT2D eigenvalue weighted by Gasteiger charge is 2.46. The SMILES string of the molecule is Cc1ccc(CN2C[C@@H](OCc3cccnc3)[C@@H]3COC[C@@H]32)o1. The molecule has 0 bridgehead atoms. The Morgan fingerprint density at radius 3 is 3.04 bits per heavy atom. The highest BCUT2D eigenvalue weighted by Crippen LogP contribution is 2.33. The predicted octanol–water partition coefficient (Wildman–Crippen LogP) is 2.40. The lowest BCUT2D eigenvalue weighted by Crippen LogP contribution is -2.32. The molecule has 122 valence electrons. The van der Waals surface area contributed by atoms with E-state index in [2.05, 4.69) is 16.0 Å². The van der Waals surface area contributed by atoms with E-state index in [4.69, 9.17) is 13.9 Å². The summed E-state index contributed by atoms with van der Waals surface area (Å²) in [5.41, 5.74) is 1.11. The van der Waals surface area contributed by atoms with Crippen LogP contribution in [-0.4, -0.2) is 41.8 Å². The standard InChI is InChI=1S/C18H22N2O3/c1-13-4-5-15(23-13)8-20-9-18(16-11-21-12-17(16)20)22-10-14-3-2-6-19-7-14/h2-7,16-18H,8-12H2,1H3/t16-,17+,18-/m1/s1. The van der Waals surface area contributed by atoms with Crippen LogP contribution in [0.4, 0.5) is 0 Å². The van der Waals surface area contributed by atoms with Crippen LogP contribution in [0.5, 0.6) is 0 Å². The average molecular weight is 314 g/mol. The van der Waals surface area contributed by atoms with Gasteiger partial charge in [0.05, 0.1) is 32.5 Å². The van der Waals surface area contributed by atoms with Crippen molar-refractivity contribution in [1.82, 2.24) is 9.88 Å². The smallest absolute Gasteiger partial charge is 0.118 e. The number of fused-ring (bicyclic) bond motifs is 1. The van der Waals surface area contributed by atoms with Gasteiger partial charge in [0.25, 0.3) is 0 Å². The predicted molar refractivity (Wildman–Crippen MR) is 84.8 cm³/mol. The Kier molecular flexibility index (Phi) is 4.16. The van der Waals surface area contributed by atoms with Gasteiger partial charge in [-0.05, 0) is 30.7 Å². The zero-order valence-electron chi connectivity index (χ0n) is 13.4. The molecule has 5 nitrogen and oxygen atoms in total. The molecule has 0 spiro atoms. The second kappa shape index (κ2) is 6.43. The first-order chi connectivity index (χ1) is 11.3. The van der Waals surface area contributed by atoms with Crippen molar-refractivity contribution in [2.45, 2.75) is 32.2 Å². The number of aryl methyl sites for hydroxylation is 1. The molecule has 2 saturated heterocycles. The van der Waals surface area contributed by atoms with Crippen molar-refractivity contribution >= 4 is 0 Å². The Balaban J connectivity index is 1.40. The van der Waals surface area contributed by atoms with Gasteiger partial charge in [0.1, 0.15) is 11.5 Å². The van der Waals surface area contributed by atoms with Crippen LogP contribution in [0.25, 0.3) is 0 Å². The van der Waals surface area contributed by atoms with E-state index in [-0.39, 0.29) is 6.10 Å². The maximum Gasteiger partial charge on any atom is 0.118 e. The highest BCUT2D eigenvalue weighted by molar-refractivity contribution is 5.09. The van der Waals surface area contributed by atoms with Crippen LogP contribution in [0.15, 0.2) is 41.1 Å². The minimum atomic E-state index is 0.207. The van der Waals surface area contributed by atoms with Crippen LogP contribution < -0.4 is 0 Å². The van der Waals surface area contributed by atoms with Crippen molar-refractivity contribution in [2.24, 2.45) is 5.92 Å². The molecular weight excluding hydrogens is 292 g/mol. The minimum absolute atomic E-state index is 0.207. The van der Waals surface area contributed by atoms with Crippen molar-refractivity contribution in [3.63, 3.8) is 0 Å². The molecular formula is C18H22N2O3. The second-order valence-corrected chi connectivity index (χ2v) is 6.42. The molecule has 2 fully saturated rings. The molecule has 2 aliphatic heterocycles. The third-order valence-electron chi connectivity index (χ3n) is 4.80. The summed E-state index contributed by atoms with van der Waals surface area (Å²) in [7, 11) is 0. The van der Waals surface area contributed by atoms with Gasteiger partial charge in [-0.1, -0.05) is 6.07 Å². The molecule has 2 aromatic rings. The molecule has 0 aromatic carbocycles. The third-order valence-corrected chi connectivity index (χ3v) is 4.80. The van der Waals surface area contributed by atoms with Gasteiger partial charge in [0.2, 0.25) is 0 Å². The molecule has 0 aliphatic carbocycles. The fourth-order valence-electron chi connectivity index (χ4n) is 3.61. The van der Waals surface area contributed by atoms with Crippen LogP contribution in [-0.2, 0) is 22.6 Å². The molecule has 4 heterocycles. The lowest BCUT2D eigenvalue weighted by atomic mass is 10.0. The number of rotatable bonds is 5. The van der Waals surface area contributed by atoms with E-state index in [1.54, 1.807) is 6.20 Å². The second-order valence-electron chi connectivity index (χ2n) is 6.42. The number of hydrogen-bond donors (Lipinski definition) is 0. The highest BCUT2D eigenvalue weighted by atomic mass is 16.5. The number of pyridine rings is 1. The van der Waals surface area contributed by atoms with E-state index in [1.165, 1.54) is 0 Å². The summed E-state index contributed by atoms with van der Waals surface area (Å²) < 4.78 is 17.6. The minimum Gasteiger partial charge on any atom is -0.465 e. The zero-order valence-corrected chi connectivity index (χ0v) is 13.4. The average Bonchev–Trinajstić information content (AvgIpc) is 3.26. The summed E-state index contributed by atoms with van der Waals surface area (Å²) in [6.07, 6.45) is 3.85. The van der Waals surface area contributed by atoms with Crippen LogP contribution >= 0.6 is 0 Å². The molecule has 3 atom stereocenters. The summed E-state index contributed by atoms with van der Waals surface area (Å²) in [4.78, 5) is 6.58. The summed E-state index contributed by atoms with van der Waals surface area (Å²) in [6.45, 7) is 5.92. The number of ether oxygens (including phenoxy) is 2. The van der Waals surface area contributed by atoms with E-state index in [1.807, 2.05) is 31.3 Å². The number of likely N-dealkylation sites (tertiary alicyclic amines) is 1. The van der Waals surface area contributed by atoms with Gasteiger partial charge < -0.3 is 13.9 Å². The van der Waals surface area contributed by atoms with E-state index in [0.717, 1.165) is 43.4 Å². The van der Waals surface area contributed by atoms with Crippen molar-refractivity contribution in [1.29, 1.82) is 0 Å². The van der Waals surface area contributed by atoms with E-state index in [0.29, 0.717) is 18.6 Å². The largest absolute Gasteiger partial charge is 0.465 e. The van der Waals surface area contributed by atoms with Gasteiger partial charge in [0.15, 0.2) is 0 Å². The topological polar surface area (TPSA) is 47.7 Å². The number of furan rings is 1. The van der Waals surface area contributed by atoms with E-state index < -0.39 is 0 Å². The lowest BCUT2D eigenvalue weighted by molar-refractivity contribution is 0.00834. The van der Waals surface area contributed by atoms with Gasteiger partial charge in [-0.25, -0.2) is 0 Å². The molecule has 2 aromatic heterocycles. The van der Waals surface area contributed by atoms with Gasteiger partial charge in [0, 0.05) is 30.9 Å². The molecule has 5 heteroatoms. The molecule has 2 aliphatic rings. The van der Waals surface area contributed by atoms with Crippen LogP contribution in [0, 0.1) is 12.8 Å². The summed E-state index contributed by atoms with van der Waals surface area (Å²) >= 11 is 0. The number of aromatic nitrogens is 1. The van der Waals surface area contributed by atoms with E-state index in [9.17, 15) is 0 Å². The monoisotopic (exact) mass is 314 g/mol. The Hall–Kier alpha value is -1.69. The van der Waals surface area contributed by atoms with Crippen molar-refractivity contribution in [2.75, 3.05) is 19.8 Å². The Morgan fingerprint density at radius 2 is 2.26 bits per heavy atom. The Bertz CT molecular complexity index is 643. The van der Waals surface area contributed by atoms with Crippen LogP contribution in [0.3, 0.4) is 0 Å². The summed E-state index contributed by atoms with van der Waals surface area (Å²) in [6, 6.07) is 8.50. The molecule has 23 heavy (non-hydrogen) atoms. The molecule has 4 rings (SSSR count). The summed E-state index contributed by atoms with van der Waals surface area (Å²) in [5, 5.41) is 0. The normalized spacial score (nSPS) is 27.4. The molecule has 0 saturated carbocycles.